The number of hydrogen-bond acceptors (Lipinski definition) is 4. The molecule has 0 aromatic carbocycles. The number of thiophene rings is 2. The first-order valence-corrected chi connectivity index (χ1v) is 9.80. The van der Waals surface area contributed by atoms with Gasteiger partial charge < -0.3 is 15.1 Å². The van der Waals surface area contributed by atoms with Gasteiger partial charge in [-0.25, -0.2) is 4.79 Å². The molecule has 3 rings (SSSR count). The third kappa shape index (κ3) is 4.28. The van der Waals surface area contributed by atoms with Gasteiger partial charge in [-0.05, 0) is 30.0 Å². The van der Waals surface area contributed by atoms with E-state index in [2.05, 4.69) is 5.32 Å². The van der Waals surface area contributed by atoms with Gasteiger partial charge >= 0.3 is 6.03 Å². The lowest BCUT2D eigenvalue weighted by Gasteiger charge is -2.34. The second kappa shape index (κ2) is 8.00. The van der Waals surface area contributed by atoms with Crippen LogP contribution in [-0.4, -0.2) is 54.5 Å². The molecule has 0 spiro atoms. The Morgan fingerprint density at radius 2 is 1.88 bits per heavy atom. The fourth-order valence-electron chi connectivity index (χ4n) is 2.56. The number of urea groups is 1. The Labute approximate surface area is 153 Å². The Morgan fingerprint density at radius 1 is 1.12 bits per heavy atom. The van der Waals surface area contributed by atoms with Crippen LogP contribution in [0.3, 0.4) is 0 Å². The SMILES string of the molecule is O=C(NCCc1ccc(Cl)s1)N1CCN(C(=O)c2cccs2)CC1. The summed E-state index contributed by atoms with van der Waals surface area (Å²) in [7, 11) is 0. The average molecular weight is 384 g/mol. The highest BCUT2D eigenvalue weighted by molar-refractivity contribution is 7.16. The van der Waals surface area contributed by atoms with Crippen LogP contribution in [0, 0.1) is 0 Å². The van der Waals surface area contributed by atoms with Gasteiger partial charge in [0.1, 0.15) is 0 Å². The van der Waals surface area contributed by atoms with Crippen molar-refractivity contribution in [3.63, 3.8) is 0 Å². The molecule has 3 heterocycles. The summed E-state index contributed by atoms with van der Waals surface area (Å²) in [5.74, 6) is 0.0552. The van der Waals surface area contributed by atoms with Gasteiger partial charge in [-0.15, -0.1) is 22.7 Å². The van der Waals surface area contributed by atoms with Gasteiger partial charge in [0.15, 0.2) is 0 Å². The van der Waals surface area contributed by atoms with Crippen molar-refractivity contribution in [1.82, 2.24) is 15.1 Å². The molecule has 0 saturated carbocycles. The molecule has 1 fully saturated rings. The van der Waals surface area contributed by atoms with Crippen LogP contribution in [-0.2, 0) is 6.42 Å². The van der Waals surface area contributed by atoms with Gasteiger partial charge in [0.2, 0.25) is 0 Å². The first kappa shape index (κ1) is 17.3. The van der Waals surface area contributed by atoms with Crippen molar-refractivity contribution in [2.75, 3.05) is 32.7 Å². The minimum atomic E-state index is -0.0686. The Kier molecular flexibility index (Phi) is 5.76. The van der Waals surface area contributed by atoms with Gasteiger partial charge in [0.05, 0.1) is 9.21 Å². The molecule has 2 aromatic heterocycles. The van der Waals surface area contributed by atoms with Crippen LogP contribution >= 0.6 is 34.3 Å². The predicted molar refractivity (Wildman–Crippen MR) is 98.2 cm³/mol. The number of nitrogens with zero attached hydrogens (tertiary/aromatic N) is 2. The minimum absolute atomic E-state index is 0.0552. The minimum Gasteiger partial charge on any atom is -0.338 e. The second-order valence-corrected chi connectivity index (χ2v) is 8.19. The molecule has 1 N–H and O–H groups in total. The number of amides is 3. The zero-order valence-corrected chi connectivity index (χ0v) is 15.4. The zero-order valence-electron chi connectivity index (χ0n) is 13.0. The lowest BCUT2D eigenvalue weighted by atomic mass is 10.3. The number of piperazine rings is 1. The van der Waals surface area contributed by atoms with Crippen LogP contribution in [0.1, 0.15) is 14.5 Å². The summed E-state index contributed by atoms with van der Waals surface area (Å²) >= 11 is 8.88. The van der Waals surface area contributed by atoms with E-state index in [0.29, 0.717) is 32.7 Å². The van der Waals surface area contributed by atoms with E-state index in [4.69, 9.17) is 11.6 Å². The number of hydrogen-bond donors (Lipinski definition) is 1. The second-order valence-electron chi connectivity index (χ2n) is 5.44. The Balaban J connectivity index is 1.41. The summed E-state index contributed by atoms with van der Waals surface area (Å²) in [4.78, 5) is 29.9. The van der Waals surface area contributed by atoms with Gasteiger partial charge in [-0.3, -0.25) is 4.79 Å². The highest BCUT2D eigenvalue weighted by Crippen LogP contribution is 2.21. The van der Waals surface area contributed by atoms with Crippen molar-refractivity contribution < 1.29 is 9.59 Å². The molecule has 0 radical (unpaired) electrons. The first-order chi connectivity index (χ1) is 11.6. The lowest BCUT2D eigenvalue weighted by Crippen LogP contribution is -2.53. The third-order valence-corrected chi connectivity index (χ3v) is 6.01. The smallest absolute Gasteiger partial charge is 0.317 e. The van der Waals surface area contributed by atoms with Crippen molar-refractivity contribution in [2.24, 2.45) is 0 Å². The molecule has 5 nitrogen and oxygen atoms in total. The molecule has 0 aliphatic carbocycles. The van der Waals surface area contributed by atoms with Crippen LogP contribution in [0.4, 0.5) is 4.79 Å². The molecular formula is C16H18ClN3O2S2. The molecule has 8 heteroatoms. The van der Waals surface area contributed by atoms with Gasteiger partial charge in [-0.2, -0.15) is 0 Å². The molecule has 1 aliphatic rings. The lowest BCUT2D eigenvalue weighted by molar-refractivity contribution is 0.0670. The van der Waals surface area contributed by atoms with Crippen molar-refractivity contribution in [3.05, 3.63) is 43.7 Å². The summed E-state index contributed by atoms with van der Waals surface area (Å²) in [5.41, 5.74) is 0. The zero-order chi connectivity index (χ0) is 16.9. The van der Waals surface area contributed by atoms with E-state index < -0.39 is 0 Å². The van der Waals surface area contributed by atoms with E-state index >= 15 is 0 Å². The molecule has 1 saturated heterocycles. The molecule has 0 bridgehead atoms. The van der Waals surface area contributed by atoms with Crippen molar-refractivity contribution in [3.8, 4) is 0 Å². The standard InChI is InChI=1S/C16H18ClN3O2S2/c17-14-4-3-12(24-14)5-6-18-16(22)20-9-7-19(8-10-20)15(21)13-2-1-11-23-13/h1-4,11H,5-10H2,(H,18,22). The maximum absolute atomic E-state index is 12.3. The Morgan fingerprint density at radius 3 is 2.50 bits per heavy atom. The van der Waals surface area contributed by atoms with Gasteiger partial charge in [0, 0.05) is 37.6 Å². The number of nitrogens with one attached hydrogen (secondary N) is 1. The van der Waals surface area contributed by atoms with E-state index in [1.165, 1.54) is 22.7 Å². The van der Waals surface area contributed by atoms with Crippen LogP contribution in [0.25, 0.3) is 0 Å². The van der Waals surface area contributed by atoms with Crippen LogP contribution < -0.4 is 5.32 Å². The molecule has 24 heavy (non-hydrogen) atoms. The van der Waals surface area contributed by atoms with Crippen LogP contribution in [0.15, 0.2) is 29.6 Å². The fraction of sp³-hybridized carbons (Fsp3) is 0.375. The Hall–Kier alpha value is -1.57. The first-order valence-electron chi connectivity index (χ1n) is 7.73. The molecule has 0 unspecified atom stereocenters. The largest absolute Gasteiger partial charge is 0.338 e. The summed E-state index contributed by atoms with van der Waals surface area (Å²) in [6, 6.07) is 7.49. The van der Waals surface area contributed by atoms with Gasteiger partial charge in [0.25, 0.3) is 5.91 Å². The summed E-state index contributed by atoms with van der Waals surface area (Å²) in [6.45, 7) is 2.86. The maximum atomic E-state index is 12.3. The summed E-state index contributed by atoms with van der Waals surface area (Å²) in [6.07, 6.45) is 0.778. The van der Waals surface area contributed by atoms with Crippen molar-refractivity contribution >= 4 is 46.2 Å². The highest BCUT2D eigenvalue weighted by Gasteiger charge is 2.25. The van der Waals surface area contributed by atoms with Gasteiger partial charge in [-0.1, -0.05) is 17.7 Å². The topological polar surface area (TPSA) is 52.7 Å². The quantitative estimate of drug-likeness (QED) is 0.881. The maximum Gasteiger partial charge on any atom is 0.317 e. The highest BCUT2D eigenvalue weighted by atomic mass is 35.5. The van der Waals surface area contributed by atoms with Crippen LogP contribution in [0.2, 0.25) is 4.34 Å². The van der Waals surface area contributed by atoms with E-state index in [0.717, 1.165) is 20.5 Å². The molecule has 1 aliphatic heterocycles. The molecular weight excluding hydrogens is 366 g/mol. The molecule has 128 valence electrons. The number of rotatable bonds is 4. The third-order valence-electron chi connectivity index (χ3n) is 3.86. The van der Waals surface area contributed by atoms with E-state index in [1.807, 2.05) is 34.5 Å². The number of halogens is 1. The number of carbonyl (C=O) groups excluding carboxylic acids is 2. The monoisotopic (exact) mass is 383 g/mol. The average Bonchev–Trinajstić information content (AvgIpc) is 3.26. The summed E-state index contributed by atoms with van der Waals surface area (Å²) < 4.78 is 0.767. The van der Waals surface area contributed by atoms with Crippen molar-refractivity contribution in [1.29, 1.82) is 0 Å². The molecule has 3 amide bonds. The van der Waals surface area contributed by atoms with E-state index in [-0.39, 0.29) is 11.9 Å². The van der Waals surface area contributed by atoms with E-state index in [9.17, 15) is 9.59 Å². The molecule has 0 atom stereocenters. The fourth-order valence-corrected chi connectivity index (χ4v) is 4.34. The normalized spacial score (nSPS) is 14.7. The van der Waals surface area contributed by atoms with Crippen LogP contribution in [0.5, 0.6) is 0 Å². The van der Waals surface area contributed by atoms with E-state index in [1.54, 1.807) is 4.90 Å². The molecule has 2 aromatic rings. The van der Waals surface area contributed by atoms with Crippen molar-refractivity contribution in [2.45, 2.75) is 6.42 Å². The Bertz CT molecular complexity index is 694. The summed E-state index contributed by atoms with van der Waals surface area (Å²) in [5, 5.41) is 4.83. The predicted octanol–water partition coefficient (Wildman–Crippen LogP) is 3.17. The number of carbonyl (C=O) groups is 2.